The Morgan fingerprint density at radius 2 is 2.15 bits per heavy atom. The molecule has 1 aromatic carbocycles. The second-order valence-electron chi connectivity index (χ2n) is 6.29. The summed E-state index contributed by atoms with van der Waals surface area (Å²) in [4.78, 5) is 2.52. The molecule has 3 heteroatoms. The fraction of sp³-hybridized carbons (Fsp3) is 0.647. The van der Waals surface area contributed by atoms with Crippen LogP contribution in [0, 0.1) is 5.92 Å². The van der Waals surface area contributed by atoms with E-state index in [1.54, 1.807) is 0 Å². The zero-order valence-corrected chi connectivity index (χ0v) is 12.7. The first-order chi connectivity index (χ1) is 9.73. The lowest BCUT2D eigenvalue weighted by molar-refractivity contribution is 0.325. The van der Waals surface area contributed by atoms with E-state index in [0.29, 0.717) is 0 Å². The molecule has 1 aromatic rings. The van der Waals surface area contributed by atoms with Gasteiger partial charge in [0, 0.05) is 18.6 Å². The molecule has 2 aliphatic rings. The van der Waals surface area contributed by atoms with Crippen molar-refractivity contribution in [3.63, 3.8) is 0 Å². The van der Waals surface area contributed by atoms with E-state index in [1.807, 2.05) is 0 Å². The Kier molecular flexibility index (Phi) is 3.88. The van der Waals surface area contributed by atoms with Gasteiger partial charge in [0.1, 0.15) is 5.75 Å². The average Bonchev–Trinajstić information content (AvgIpc) is 3.27. The second kappa shape index (κ2) is 5.65. The van der Waals surface area contributed by atoms with E-state index in [2.05, 4.69) is 48.3 Å². The molecule has 0 radical (unpaired) electrons. The molecule has 0 spiro atoms. The smallest absolute Gasteiger partial charge is 0.142 e. The number of rotatable bonds is 4. The first kappa shape index (κ1) is 13.7. The Morgan fingerprint density at radius 1 is 1.35 bits per heavy atom. The first-order valence-corrected chi connectivity index (χ1v) is 7.95. The van der Waals surface area contributed by atoms with Crippen molar-refractivity contribution in [2.24, 2.45) is 5.92 Å². The Bertz CT molecular complexity index is 458. The van der Waals surface area contributed by atoms with Gasteiger partial charge in [0.15, 0.2) is 0 Å². The molecule has 0 amide bonds. The molecule has 1 N–H and O–H groups in total. The summed E-state index contributed by atoms with van der Waals surface area (Å²) < 4.78 is 5.81. The molecule has 0 aromatic heterocycles. The van der Waals surface area contributed by atoms with Gasteiger partial charge >= 0.3 is 0 Å². The summed E-state index contributed by atoms with van der Waals surface area (Å²) in [7, 11) is 0. The lowest BCUT2D eigenvalue weighted by Crippen LogP contribution is -2.51. The van der Waals surface area contributed by atoms with E-state index in [1.165, 1.54) is 24.9 Å². The average molecular weight is 274 g/mol. The molecule has 1 aliphatic heterocycles. The molecule has 1 heterocycles. The van der Waals surface area contributed by atoms with E-state index >= 15 is 0 Å². The maximum atomic E-state index is 5.81. The third-order valence-electron chi connectivity index (χ3n) is 4.64. The van der Waals surface area contributed by atoms with E-state index in [4.69, 9.17) is 4.74 Å². The summed E-state index contributed by atoms with van der Waals surface area (Å²) in [6.45, 7) is 8.49. The standard InChI is InChI=1S/C17H26N2O/c1-3-20-16-8-5-4-7-15(16)19-12-6-11-18-17(2,13-19)14-9-10-14/h4-5,7-8,14,18H,3,6,9-13H2,1-2H3. The SMILES string of the molecule is CCOc1ccccc1N1CCCNC(C)(C2CC2)C1. The van der Waals surface area contributed by atoms with E-state index in [9.17, 15) is 0 Å². The predicted molar refractivity (Wildman–Crippen MR) is 83.6 cm³/mol. The highest BCUT2D eigenvalue weighted by Gasteiger charge is 2.43. The van der Waals surface area contributed by atoms with Gasteiger partial charge in [-0.05, 0) is 57.7 Å². The van der Waals surface area contributed by atoms with Crippen molar-refractivity contribution in [3.05, 3.63) is 24.3 Å². The number of nitrogens with zero attached hydrogens (tertiary/aromatic N) is 1. The molecule has 1 saturated heterocycles. The van der Waals surface area contributed by atoms with Crippen molar-refractivity contribution in [1.82, 2.24) is 5.32 Å². The number of nitrogens with one attached hydrogen (secondary N) is 1. The van der Waals surface area contributed by atoms with Crippen LogP contribution >= 0.6 is 0 Å². The van der Waals surface area contributed by atoms with Gasteiger partial charge in [-0.1, -0.05) is 12.1 Å². The maximum absolute atomic E-state index is 5.81. The number of anilines is 1. The Morgan fingerprint density at radius 3 is 2.90 bits per heavy atom. The molecule has 1 atom stereocenters. The zero-order valence-electron chi connectivity index (χ0n) is 12.7. The summed E-state index contributed by atoms with van der Waals surface area (Å²) in [6.07, 6.45) is 3.96. The predicted octanol–water partition coefficient (Wildman–Crippen LogP) is 3.05. The van der Waals surface area contributed by atoms with Crippen LogP contribution in [-0.2, 0) is 0 Å². The molecule has 1 saturated carbocycles. The van der Waals surface area contributed by atoms with Gasteiger partial charge in [-0.3, -0.25) is 0 Å². The normalized spacial score (nSPS) is 27.2. The van der Waals surface area contributed by atoms with Crippen LogP contribution in [0.5, 0.6) is 5.75 Å². The van der Waals surface area contributed by atoms with Crippen molar-refractivity contribution in [1.29, 1.82) is 0 Å². The number of hydrogen-bond acceptors (Lipinski definition) is 3. The summed E-state index contributed by atoms with van der Waals surface area (Å²) >= 11 is 0. The molecule has 1 aliphatic carbocycles. The Balaban J connectivity index is 1.84. The van der Waals surface area contributed by atoms with Gasteiger partial charge in [-0.25, -0.2) is 0 Å². The minimum absolute atomic E-state index is 0.260. The summed E-state index contributed by atoms with van der Waals surface area (Å²) in [5.74, 6) is 1.87. The van der Waals surface area contributed by atoms with Crippen molar-refractivity contribution in [3.8, 4) is 5.75 Å². The van der Waals surface area contributed by atoms with Gasteiger partial charge < -0.3 is 15.0 Å². The highest BCUT2D eigenvalue weighted by Crippen LogP contribution is 2.42. The Hall–Kier alpha value is -1.22. The molecule has 20 heavy (non-hydrogen) atoms. The molecule has 1 unspecified atom stereocenters. The van der Waals surface area contributed by atoms with Gasteiger partial charge in [0.05, 0.1) is 12.3 Å². The third-order valence-corrected chi connectivity index (χ3v) is 4.64. The van der Waals surface area contributed by atoms with Crippen LogP contribution in [0.25, 0.3) is 0 Å². The molecule has 3 rings (SSSR count). The van der Waals surface area contributed by atoms with Crippen molar-refractivity contribution in [2.45, 2.75) is 38.6 Å². The lowest BCUT2D eigenvalue weighted by atomic mass is 9.95. The molecule has 3 nitrogen and oxygen atoms in total. The molecular formula is C17H26N2O. The summed E-state index contributed by atoms with van der Waals surface area (Å²) in [5.41, 5.74) is 1.51. The number of ether oxygens (including phenoxy) is 1. The molecular weight excluding hydrogens is 248 g/mol. The van der Waals surface area contributed by atoms with Crippen molar-refractivity contribution in [2.75, 3.05) is 31.1 Å². The summed E-state index contributed by atoms with van der Waals surface area (Å²) in [5, 5.41) is 3.79. The fourth-order valence-electron chi connectivity index (χ4n) is 3.37. The van der Waals surface area contributed by atoms with Crippen molar-refractivity contribution >= 4 is 5.69 Å². The van der Waals surface area contributed by atoms with Crippen LogP contribution in [0.4, 0.5) is 5.69 Å². The van der Waals surface area contributed by atoms with E-state index in [0.717, 1.165) is 37.9 Å². The first-order valence-electron chi connectivity index (χ1n) is 7.95. The minimum atomic E-state index is 0.260. The van der Waals surface area contributed by atoms with Crippen molar-refractivity contribution < 1.29 is 4.74 Å². The zero-order chi connectivity index (χ0) is 14.0. The third kappa shape index (κ3) is 2.78. The largest absolute Gasteiger partial charge is 0.492 e. The van der Waals surface area contributed by atoms with Crippen LogP contribution < -0.4 is 15.0 Å². The van der Waals surface area contributed by atoms with Gasteiger partial charge in [-0.15, -0.1) is 0 Å². The summed E-state index contributed by atoms with van der Waals surface area (Å²) in [6, 6.07) is 8.46. The lowest BCUT2D eigenvalue weighted by Gasteiger charge is -2.35. The van der Waals surface area contributed by atoms with E-state index < -0.39 is 0 Å². The highest BCUT2D eigenvalue weighted by molar-refractivity contribution is 5.59. The van der Waals surface area contributed by atoms with Crippen LogP contribution in [0.15, 0.2) is 24.3 Å². The van der Waals surface area contributed by atoms with Gasteiger partial charge in [0.25, 0.3) is 0 Å². The quantitative estimate of drug-likeness (QED) is 0.913. The monoisotopic (exact) mass is 274 g/mol. The fourth-order valence-corrected chi connectivity index (χ4v) is 3.37. The maximum Gasteiger partial charge on any atom is 0.142 e. The van der Waals surface area contributed by atoms with Gasteiger partial charge in [0.2, 0.25) is 0 Å². The van der Waals surface area contributed by atoms with Crippen LogP contribution in [0.1, 0.15) is 33.1 Å². The minimum Gasteiger partial charge on any atom is -0.492 e. The number of para-hydroxylation sites is 2. The van der Waals surface area contributed by atoms with Crippen LogP contribution in [0.2, 0.25) is 0 Å². The van der Waals surface area contributed by atoms with Crippen LogP contribution in [-0.4, -0.2) is 31.8 Å². The molecule has 110 valence electrons. The van der Waals surface area contributed by atoms with Gasteiger partial charge in [-0.2, -0.15) is 0 Å². The molecule has 2 fully saturated rings. The molecule has 0 bridgehead atoms. The Labute approximate surface area is 122 Å². The van der Waals surface area contributed by atoms with E-state index in [-0.39, 0.29) is 5.54 Å². The number of benzene rings is 1. The highest BCUT2D eigenvalue weighted by atomic mass is 16.5. The number of hydrogen-bond donors (Lipinski definition) is 1. The van der Waals surface area contributed by atoms with Crippen LogP contribution in [0.3, 0.4) is 0 Å². The topological polar surface area (TPSA) is 24.5 Å². The second-order valence-corrected chi connectivity index (χ2v) is 6.29.